The topological polar surface area (TPSA) is 84.9 Å². The number of hydrogen-bond acceptors (Lipinski definition) is 4. The number of benzene rings is 1. The predicted octanol–water partition coefficient (Wildman–Crippen LogP) is 2.91. The Hall–Kier alpha value is -2.24. The van der Waals surface area contributed by atoms with Crippen LogP contribution in [0.15, 0.2) is 18.2 Å². The Labute approximate surface area is 135 Å². The number of alkyl carbamates (subject to hydrolysis) is 1. The van der Waals surface area contributed by atoms with E-state index < -0.39 is 29.6 Å². The van der Waals surface area contributed by atoms with E-state index in [1.807, 2.05) is 12.1 Å². The van der Waals surface area contributed by atoms with E-state index in [1.54, 1.807) is 33.9 Å². The summed E-state index contributed by atoms with van der Waals surface area (Å²) in [6.45, 7) is 5.29. The highest BCUT2D eigenvalue weighted by Gasteiger charge is 2.36. The van der Waals surface area contributed by atoms with Crippen molar-refractivity contribution in [2.45, 2.75) is 45.3 Å². The van der Waals surface area contributed by atoms with Crippen molar-refractivity contribution in [3.63, 3.8) is 0 Å². The molecular weight excluding hydrogens is 298 g/mol. The minimum absolute atomic E-state index is 0.467. The summed E-state index contributed by atoms with van der Waals surface area (Å²) in [4.78, 5) is 23.7. The summed E-state index contributed by atoms with van der Waals surface area (Å²) in [5.41, 5.74) is 1.15. The molecule has 0 spiro atoms. The van der Waals surface area contributed by atoms with Crippen molar-refractivity contribution in [3.8, 4) is 5.75 Å². The number of carbonyl (C=O) groups is 2. The van der Waals surface area contributed by atoms with Gasteiger partial charge in [0.2, 0.25) is 0 Å². The Kier molecular flexibility index (Phi) is 4.82. The molecule has 0 saturated carbocycles. The van der Waals surface area contributed by atoms with Crippen LogP contribution in [0.5, 0.6) is 5.75 Å². The van der Waals surface area contributed by atoms with Gasteiger partial charge in [-0.1, -0.05) is 6.07 Å². The molecule has 1 aliphatic rings. The van der Waals surface area contributed by atoms with Gasteiger partial charge in [0.15, 0.2) is 0 Å². The maximum absolute atomic E-state index is 12.1. The fourth-order valence-corrected chi connectivity index (χ4v) is 2.79. The molecule has 0 fully saturated rings. The van der Waals surface area contributed by atoms with Gasteiger partial charge in [0, 0.05) is 0 Å². The van der Waals surface area contributed by atoms with Gasteiger partial charge >= 0.3 is 12.1 Å². The standard InChI is InChI=1S/C17H23NO5/c1-17(2,3)23-16(21)18-14-12(15(19)20)8-6-10-5-7-11(22-4)9-13(10)14/h5,7,9,12,14H,6,8H2,1-4H3,(H,18,21)(H,19,20)/t12-,14-/m0/s1. The number of aryl methyl sites for hydroxylation is 1. The number of carbonyl (C=O) groups excluding carboxylic acids is 1. The Morgan fingerprint density at radius 3 is 2.57 bits per heavy atom. The highest BCUT2D eigenvalue weighted by molar-refractivity contribution is 5.75. The highest BCUT2D eigenvalue weighted by Crippen LogP contribution is 2.36. The lowest BCUT2D eigenvalue weighted by molar-refractivity contribution is -0.143. The van der Waals surface area contributed by atoms with Gasteiger partial charge in [-0.05, 0) is 56.9 Å². The summed E-state index contributed by atoms with van der Waals surface area (Å²) in [6, 6.07) is 4.90. The lowest BCUT2D eigenvalue weighted by Crippen LogP contribution is -2.42. The van der Waals surface area contributed by atoms with Gasteiger partial charge in [-0.3, -0.25) is 4.79 Å². The van der Waals surface area contributed by atoms with Gasteiger partial charge in [-0.2, -0.15) is 0 Å². The zero-order valence-corrected chi connectivity index (χ0v) is 13.9. The quantitative estimate of drug-likeness (QED) is 0.894. The first kappa shape index (κ1) is 17.1. The Bertz CT molecular complexity index is 605. The smallest absolute Gasteiger partial charge is 0.408 e. The van der Waals surface area contributed by atoms with Gasteiger partial charge in [0.05, 0.1) is 19.1 Å². The Balaban J connectivity index is 2.32. The van der Waals surface area contributed by atoms with Crippen molar-refractivity contribution >= 4 is 12.1 Å². The molecule has 2 atom stereocenters. The Morgan fingerprint density at radius 1 is 1.30 bits per heavy atom. The van der Waals surface area contributed by atoms with Crippen LogP contribution < -0.4 is 10.1 Å². The number of carboxylic acid groups (broad SMARTS) is 1. The van der Waals surface area contributed by atoms with Crippen LogP contribution in [0.1, 0.15) is 44.4 Å². The highest BCUT2D eigenvalue weighted by atomic mass is 16.6. The fraction of sp³-hybridized carbons (Fsp3) is 0.529. The van der Waals surface area contributed by atoms with Crippen LogP contribution in [0, 0.1) is 5.92 Å². The summed E-state index contributed by atoms with van der Waals surface area (Å²) < 4.78 is 10.5. The van der Waals surface area contributed by atoms with Crippen LogP contribution in [0.25, 0.3) is 0 Å². The second-order valence-electron chi connectivity index (χ2n) is 6.67. The summed E-state index contributed by atoms with van der Waals surface area (Å²) in [7, 11) is 1.55. The number of fused-ring (bicyclic) bond motifs is 1. The molecule has 23 heavy (non-hydrogen) atoms. The Morgan fingerprint density at radius 2 is 2.00 bits per heavy atom. The number of rotatable bonds is 3. The molecule has 1 aromatic carbocycles. The van der Waals surface area contributed by atoms with Crippen LogP contribution in [0.4, 0.5) is 4.79 Å². The van der Waals surface area contributed by atoms with Crippen molar-refractivity contribution in [2.75, 3.05) is 7.11 Å². The van der Waals surface area contributed by atoms with Crippen LogP contribution in [-0.4, -0.2) is 29.9 Å². The van der Waals surface area contributed by atoms with E-state index in [1.165, 1.54) is 0 Å². The number of methoxy groups -OCH3 is 1. The van der Waals surface area contributed by atoms with Gasteiger partial charge in [-0.15, -0.1) is 0 Å². The first-order chi connectivity index (χ1) is 10.7. The number of carboxylic acids is 1. The van der Waals surface area contributed by atoms with Crippen LogP contribution in [-0.2, 0) is 16.0 Å². The van der Waals surface area contributed by atoms with Gasteiger partial charge in [0.1, 0.15) is 11.4 Å². The molecule has 0 heterocycles. The third-order valence-electron chi connectivity index (χ3n) is 3.80. The molecule has 1 aliphatic carbocycles. The zero-order valence-electron chi connectivity index (χ0n) is 13.9. The molecule has 0 saturated heterocycles. The molecular formula is C17H23NO5. The van der Waals surface area contributed by atoms with Crippen LogP contribution >= 0.6 is 0 Å². The molecule has 1 amide bonds. The van der Waals surface area contributed by atoms with Gasteiger partial charge in [-0.25, -0.2) is 4.79 Å². The first-order valence-electron chi connectivity index (χ1n) is 7.60. The summed E-state index contributed by atoms with van der Waals surface area (Å²) in [6.07, 6.45) is 0.502. The lowest BCUT2D eigenvalue weighted by Gasteiger charge is -2.32. The van der Waals surface area contributed by atoms with Crippen molar-refractivity contribution in [2.24, 2.45) is 5.92 Å². The molecule has 0 aromatic heterocycles. The van der Waals surface area contributed by atoms with E-state index in [4.69, 9.17) is 9.47 Å². The normalized spacial score (nSPS) is 20.3. The van der Waals surface area contributed by atoms with Gasteiger partial charge in [0.25, 0.3) is 0 Å². The number of ether oxygens (including phenoxy) is 2. The van der Waals surface area contributed by atoms with Crippen LogP contribution in [0.3, 0.4) is 0 Å². The summed E-state index contributed by atoms with van der Waals surface area (Å²) >= 11 is 0. The average molecular weight is 321 g/mol. The molecule has 6 heteroatoms. The van der Waals surface area contributed by atoms with Crippen LogP contribution in [0.2, 0.25) is 0 Å². The molecule has 0 bridgehead atoms. The summed E-state index contributed by atoms with van der Waals surface area (Å²) in [5.74, 6) is -0.993. The van der Waals surface area contributed by atoms with Crippen molar-refractivity contribution in [1.82, 2.24) is 5.32 Å². The molecule has 0 radical (unpaired) electrons. The maximum Gasteiger partial charge on any atom is 0.408 e. The lowest BCUT2D eigenvalue weighted by atomic mass is 9.79. The fourth-order valence-electron chi connectivity index (χ4n) is 2.79. The SMILES string of the molecule is COc1ccc2c(c1)[C@@H](NC(=O)OC(C)(C)C)[C@@H](C(=O)O)CC2. The van der Waals surface area contributed by atoms with E-state index in [9.17, 15) is 14.7 Å². The average Bonchev–Trinajstić information content (AvgIpc) is 2.44. The largest absolute Gasteiger partial charge is 0.497 e. The van der Waals surface area contributed by atoms with E-state index >= 15 is 0 Å². The first-order valence-corrected chi connectivity index (χ1v) is 7.60. The number of nitrogens with one attached hydrogen (secondary N) is 1. The van der Waals surface area contributed by atoms with E-state index in [2.05, 4.69) is 5.32 Å². The second kappa shape index (κ2) is 6.48. The van der Waals surface area contributed by atoms with Crippen molar-refractivity contribution in [3.05, 3.63) is 29.3 Å². The maximum atomic E-state index is 12.1. The number of hydrogen-bond donors (Lipinski definition) is 2. The van der Waals surface area contributed by atoms with E-state index in [0.717, 1.165) is 11.1 Å². The van der Waals surface area contributed by atoms with E-state index in [0.29, 0.717) is 18.6 Å². The molecule has 1 aromatic rings. The second-order valence-corrected chi connectivity index (χ2v) is 6.67. The zero-order chi connectivity index (χ0) is 17.2. The third kappa shape index (κ3) is 4.15. The minimum atomic E-state index is -0.931. The third-order valence-corrected chi connectivity index (χ3v) is 3.80. The minimum Gasteiger partial charge on any atom is -0.497 e. The molecule has 2 rings (SSSR count). The number of aliphatic carboxylic acids is 1. The molecule has 2 N–H and O–H groups in total. The molecule has 6 nitrogen and oxygen atoms in total. The molecule has 0 aliphatic heterocycles. The van der Waals surface area contributed by atoms with Gasteiger partial charge < -0.3 is 19.9 Å². The monoisotopic (exact) mass is 321 g/mol. The van der Waals surface area contributed by atoms with E-state index in [-0.39, 0.29) is 0 Å². The predicted molar refractivity (Wildman–Crippen MR) is 84.6 cm³/mol. The summed E-state index contributed by atoms with van der Waals surface area (Å²) in [5, 5.41) is 12.2. The molecule has 0 unspecified atom stereocenters. The molecule has 126 valence electrons. The van der Waals surface area contributed by atoms with Crippen molar-refractivity contribution in [1.29, 1.82) is 0 Å². The number of amides is 1. The van der Waals surface area contributed by atoms with Crippen molar-refractivity contribution < 1.29 is 24.2 Å².